The van der Waals surface area contributed by atoms with E-state index in [1.54, 1.807) is 12.4 Å². The summed E-state index contributed by atoms with van der Waals surface area (Å²) in [6.45, 7) is 2.48. The van der Waals surface area contributed by atoms with Crippen LogP contribution in [0.1, 0.15) is 31.2 Å². The first-order valence-electron chi connectivity index (χ1n) is 6.02. The van der Waals surface area contributed by atoms with Gasteiger partial charge in [-0.15, -0.1) is 0 Å². The molecule has 1 fully saturated rings. The molecule has 0 unspecified atom stereocenters. The highest BCUT2D eigenvalue weighted by atomic mass is 16.4. The van der Waals surface area contributed by atoms with Crippen LogP contribution in [0.15, 0.2) is 18.5 Å². The molecule has 4 nitrogen and oxygen atoms in total. The Morgan fingerprint density at radius 3 is 2.82 bits per heavy atom. The van der Waals surface area contributed by atoms with Crippen LogP contribution >= 0.6 is 0 Å². The molecule has 1 aromatic rings. The van der Waals surface area contributed by atoms with Crippen LogP contribution in [0.3, 0.4) is 0 Å². The first kappa shape index (κ1) is 11.9. The van der Waals surface area contributed by atoms with Crippen molar-refractivity contribution < 1.29 is 9.90 Å². The van der Waals surface area contributed by atoms with Crippen molar-refractivity contribution in [3.05, 3.63) is 24.0 Å². The average molecular weight is 234 g/mol. The number of carbonyl (C=O) groups is 1. The van der Waals surface area contributed by atoms with Gasteiger partial charge >= 0.3 is 5.97 Å². The number of hydrogen-bond acceptors (Lipinski definition) is 3. The molecule has 1 aliphatic rings. The summed E-state index contributed by atoms with van der Waals surface area (Å²) < 4.78 is 0. The largest absolute Gasteiger partial charge is 0.481 e. The van der Waals surface area contributed by atoms with E-state index in [0.29, 0.717) is 6.54 Å². The predicted molar refractivity (Wildman–Crippen MR) is 66.0 cm³/mol. The van der Waals surface area contributed by atoms with Gasteiger partial charge in [-0.3, -0.25) is 9.78 Å². The van der Waals surface area contributed by atoms with Crippen molar-refractivity contribution in [2.75, 3.05) is 11.9 Å². The first-order valence-corrected chi connectivity index (χ1v) is 6.02. The summed E-state index contributed by atoms with van der Waals surface area (Å²) in [5.74, 6) is -0.672. The van der Waals surface area contributed by atoms with Crippen LogP contribution in [-0.4, -0.2) is 22.6 Å². The zero-order valence-corrected chi connectivity index (χ0v) is 10.1. The second-order valence-electron chi connectivity index (χ2n) is 4.84. The molecule has 0 radical (unpaired) electrons. The van der Waals surface area contributed by atoms with E-state index in [9.17, 15) is 9.90 Å². The van der Waals surface area contributed by atoms with Crippen molar-refractivity contribution in [3.63, 3.8) is 0 Å². The van der Waals surface area contributed by atoms with Crippen LogP contribution in [0.2, 0.25) is 0 Å². The summed E-state index contributed by atoms with van der Waals surface area (Å²) in [5, 5.41) is 12.6. The van der Waals surface area contributed by atoms with E-state index >= 15 is 0 Å². The zero-order valence-electron chi connectivity index (χ0n) is 10.1. The minimum Gasteiger partial charge on any atom is -0.481 e. The number of aliphatic carboxylic acids is 1. The van der Waals surface area contributed by atoms with Crippen molar-refractivity contribution in [1.82, 2.24) is 4.98 Å². The molecule has 0 saturated heterocycles. The lowest BCUT2D eigenvalue weighted by molar-refractivity contribution is -0.147. The number of pyridine rings is 1. The number of carboxylic acid groups (broad SMARTS) is 1. The molecule has 0 atom stereocenters. The molecule has 1 saturated carbocycles. The van der Waals surface area contributed by atoms with E-state index in [1.807, 2.05) is 13.0 Å². The second-order valence-corrected chi connectivity index (χ2v) is 4.84. The van der Waals surface area contributed by atoms with Crippen LogP contribution in [0.25, 0.3) is 0 Å². The summed E-state index contributed by atoms with van der Waals surface area (Å²) in [6.07, 6.45) is 7.09. The fourth-order valence-corrected chi connectivity index (χ4v) is 2.45. The molecule has 1 aliphatic carbocycles. The molecule has 4 heteroatoms. The van der Waals surface area contributed by atoms with Gasteiger partial charge in [0.05, 0.1) is 5.41 Å². The van der Waals surface area contributed by atoms with Crippen molar-refractivity contribution in [2.24, 2.45) is 5.41 Å². The minimum absolute atomic E-state index is 0.507. The Labute approximate surface area is 101 Å². The van der Waals surface area contributed by atoms with Gasteiger partial charge in [0.25, 0.3) is 0 Å². The summed E-state index contributed by atoms with van der Waals surface area (Å²) in [5.41, 5.74) is 1.45. The SMILES string of the molecule is Cc1cnccc1NCC1(C(=O)O)CCCC1. The molecule has 1 heterocycles. The molecule has 2 rings (SSSR count). The van der Waals surface area contributed by atoms with Crippen molar-refractivity contribution in [1.29, 1.82) is 0 Å². The van der Waals surface area contributed by atoms with Gasteiger partial charge < -0.3 is 10.4 Å². The molecule has 0 bridgehead atoms. The van der Waals surface area contributed by atoms with E-state index in [1.165, 1.54) is 0 Å². The van der Waals surface area contributed by atoms with Crippen molar-refractivity contribution in [3.8, 4) is 0 Å². The number of aryl methyl sites for hydroxylation is 1. The lowest BCUT2D eigenvalue weighted by Crippen LogP contribution is -2.35. The Morgan fingerprint density at radius 2 is 2.24 bits per heavy atom. The van der Waals surface area contributed by atoms with Crippen LogP contribution in [0, 0.1) is 12.3 Å². The quantitative estimate of drug-likeness (QED) is 0.840. The standard InChI is InChI=1S/C13H18N2O2/c1-10-8-14-7-4-11(10)15-9-13(12(16)17)5-2-3-6-13/h4,7-8H,2-3,5-6,9H2,1H3,(H,14,15)(H,16,17). The highest BCUT2D eigenvalue weighted by Gasteiger charge is 2.41. The van der Waals surface area contributed by atoms with Gasteiger partial charge in [-0.25, -0.2) is 0 Å². The lowest BCUT2D eigenvalue weighted by atomic mass is 9.86. The Morgan fingerprint density at radius 1 is 1.53 bits per heavy atom. The Balaban J connectivity index is 2.06. The third kappa shape index (κ3) is 2.40. The number of nitrogens with zero attached hydrogens (tertiary/aromatic N) is 1. The fourth-order valence-electron chi connectivity index (χ4n) is 2.45. The molecule has 0 amide bonds. The van der Waals surface area contributed by atoms with Crippen LogP contribution < -0.4 is 5.32 Å². The normalized spacial score (nSPS) is 17.9. The fraction of sp³-hybridized carbons (Fsp3) is 0.538. The third-order valence-corrected chi connectivity index (χ3v) is 3.65. The van der Waals surface area contributed by atoms with Crippen LogP contribution in [-0.2, 0) is 4.79 Å². The average Bonchev–Trinajstić information content (AvgIpc) is 2.78. The lowest BCUT2D eigenvalue weighted by Gasteiger charge is -2.25. The molecule has 1 aromatic heterocycles. The molecule has 92 valence electrons. The van der Waals surface area contributed by atoms with Crippen LogP contribution in [0.5, 0.6) is 0 Å². The van der Waals surface area contributed by atoms with Crippen LogP contribution in [0.4, 0.5) is 5.69 Å². The highest BCUT2D eigenvalue weighted by Crippen LogP contribution is 2.38. The minimum atomic E-state index is -0.672. The third-order valence-electron chi connectivity index (χ3n) is 3.65. The summed E-state index contributed by atoms with van der Waals surface area (Å²) >= 11 is 0. The van der Waals surface area contributed by atoms with E-state index < -0.39 is 11.4 Å². The molecule has 17 heavy (non-hydrogen) atoms. The smallest absolute Gasteiger partial charge is 0.311 e. The summed E-state index contributed by atoms with van der Waals surface area (Å²) in [4.78, 5) is 15.4. The molecular weight excluding hydrogens is 216 g/mol. The highest BCUT2D eigenvalue weighted by molar-refractivity contribution is 5.76. The number of anilines is 1. The topological polar surface area (TPSA) is 62.2 Å². The van der Waals surface area contributed by atoms with Gasteiger partial charge in [0.15, 0.2) is 0 Å². The van der Waals surface area contributed by atoms with Gasteiger partial charge in [0.2, 0.25) is 0 Å². The van der Waals surface area contributed by atoms with Gasteiger partial charge in [-0.05, 0) is 31.4 Å². The molecule has 0 aromatic carbocycles. The van der Waals surface area contributed by atoms with E-state index in [0.717, 1.165) is 36.9 Å². The number of nitrogens with one attached hydrogen (secondary N) is 1. The van der Waals surface area contributed by atoms with Gasteiger partial charge in [0, 0.05) is 24.6 Å². The van der Waals surface area contributed by atoms with Gasteiger partial charge in [0.1, 0.15) is 0 Å². The maximum Gasteiger partial charge on any atom is 0.311 e. The Kier molecular flexibility index (Phi) is 3.31. The number of aromatic nitrogens is 1. The maximum atomic E-state index is 11.4. The van der Waals surface area contributed by atoms with Crippen molar-refractivity contribution >= 4 is 11.7 Å². The van der Waals surface area contributed by atoms with E-state index in [2.05, 4.69) is 10.3 Å². The maximum absolute atomic E-state index is 11.4. The molecule has 0 aliphatic heterocycles. The molecule has 0 spiro atoms. The monoisotopic (exact) mass is 234 g/mol. The molecular formula is C13H18N2O2. The number of hydrogen-bond donors (Lipinski definition) is 2. The second kappa shape index (κ2) is 4.73. The number of carboxylic acids is 1. The van der Waals surface area contributed by atoms with E-state index in [-0.39, 0.29) is 0 Å². The predicted octanol–water partition coefficient (Wildman–Crippen LogP) is 2.45. The molecule has 2 N–H and O–H groups in total. The summed E-state index contributed by atoms with van der Waals surface area (Å²) in [7, 11) is 0. The van der Waals surface area contributed by atoms with Crippen molar-refractivity contribution in [2.45, 2.75) is 32.6 Å². The summed E-state index contributed by atoms with van der Waals surface area (Å²) in [6, 6.07) is 1.89. The first-order chi connectivity index (χ1) is 8.14. The van der Waals surface area contributed by atoms with E-state index in [4.69, 9.17) is 0 Å². The van der Waals surface area contributed by atoms with Gasteiger partial charge in [-0.2, -0.15) is 0 Å². The Bertz CT molecular complexity index is 412. The number of rotatable bonds is 4. The Hall–Kier alpha value is -1.58. The zero-order chi connectivity index (χ0) is 12.3. The van der Waals surface area contributed by atoms with Gasteiger partial charge in [-0.1, -0.05) is 12.8 Å².